The van der Waals surface area contributed by atoms with Crippen LogP contribution in [0, 0.1) is 17.6 Å². The topological polar surface area (TPSA) is 62.7 Å². The Labute approximate surface area is 142 Å². The summed E-state index contributed by atoms with van der Waals surface area (Å²) in [6.07, 6.45) is 0.908. The van der Waals surface area contributed by atoms with Gasteiger partial charge in [0, 0.05) is 11.6 Å². The fourth-order valence-electron chi connectivity index (χ4n) is 2.52. The highest BCUT2D eigenvalue weighted by Gasteiger charge is 2.16. The van der Waals surface area contributed by atoms with Gasteiger partial charge in [-0.25, -0.2) is 0 Å². The molecular weight excluding hydrogens is 308 g/mol. The molecule has 0 fully saturated rings. The first-order chi connectivity index (χ1) is 10.9. The number of nitrogens with zero attached hydrogens (tertiary/aromatic N) is 2. The van der Waals surface area contributed by atoms with Gasteiger partial charge in [0.2, 0.25) is 5.91 Å². The number of aryl methyl sites for hydroxylation is 1. The molecular formula is C17H24N4OS. The number of benzene rings is 1. The Bertz CT molecular complexity index is 715. The monoisotopic (exact) mass is 332 g/mol. The van der Waals surface area contributed by atoms with Crippen molar-refractivity contribution in [1.82, 2.24) is 20.1 Å². The average molecular weight is 332 g/mol. The zero-order valence-corrected chi connectivity index (χ0v) is 14.9. The van der Waals surface area contributed by atoms with E-state index in [9.17, 15) is 4.79 Å². The van der Waals surface area contributed by atoms with E-state index < -0.39 is 0 Å². The van der Waals surface area contributed by atoms with Gasteiger partial charge in [0.1, 0.15) is 6.54 Å². The fraction of sp³-hybridized carbons (Fsp3) is 0.471. The van der Waals surface area contributed by atoms with E-state index in [4.69, 9.17) is 12.2 Å². The molecule has 1 heterocycles. The average Bonchev–Trinajstić information content (AvgIpc) is 2.86. The molecule has 1 amide bonds. The molecule has 2 N–H and O–H groups in total. The molecule has 0 saturated heterocycles. The normalized spacial score (nSPS) is 12.4. The molecule has 0 spiro atoms. The minimum Gasteiger partial charge on any atom is -0.352 e. The van der Waals surface area contributed by atoms with Crippen LogP contribution in [0.25, 0.3) is 11.4 Å². The van der Waals surface area contributed by atoms with Gasteiger partial charge in [0.15, 0.2) is 10.6 Å². The summed E-state index contributed by atoms with van der Waals surface area (Å²) < 4.78 is 2.19. The number of amides is 1. The molecule has 2 aromatic rings. The van der Waals surface area contributed by atoms with Crippen LogP contribution < -0.4 is 5.32 Å². The van der Waals surface area contributed by atoms with Gasteiger partial charge >= 0.3 is 0 Å². The number of rotatable bonds is 6. The molecule has 0 aliphatic rings. The molecule has 1 atom stereocenters. The van der Waals surface area contributed by atoms with Crippen LogP contribution in [-0.2, 0) is 11.3 Å². The third-order valence-corrected chi connectivity index (χ3v) is 4.27. The van der Waals surface area contributed by atoms with Crippen molar-refractivity contribution < 1.29 is 4.79 Å². The van der Waals surface area contributed by atoms with E-state index in [-0.39, 0.29) is 18.5 Å². The van der Waals surface area contributed by atoms with Crippen molar-refractivity contribution in [1.29, 1.82) is 0 Å². The van der Waals surface area contributed by atoms with Crippen molar-refractivity contribution >= 4 is 18.1 Å². The molecule has 5 nitrogen and oxygen atoms in total. The molecule has 0 radical (unpaired) electrons. The van der Waals surface area contributed by atoms with Crippen molar-refractivity contribution in [2.24, 2.45) is 5.92 Å². The van der Waals surface area contributed by atoms with E-state index >= 15 is 0 Å². The second-order valence-corrected chi connectivity index (χ2v) is 6.52. The molecule has 0 aliphatic carbocycles. The predicted molar refractivity (Wildman–Crippen MR) is 94.6 cm³/mol. The van der Waals surface area contributed by atoms with Gasteiger partial charge in [-0.3, -0.25) is 14.5 Å². The highest BCUT2D eigenvalue weighted by molar-refractivity contribution is 7.71. The van der Waals surface area contributed by atoms with Crippen molar-refractivity contribution in [2.45, 2.75) is 46.7 Å². The maximum Gasteiger partial charge on any atom is 0.240 e. The van der Waals surface area contributed by atoms with Crippen LogP contribution in [0.15, 0.2) is 24.3 Å². The minimum atomic E-state index is -0.0450. The molecule has 1 aromatic heterocycles. The summed E-state index contributed by atoms with van der Waals surface area (Å²) in [6, 6.07) is 8.17. The molecule has 0 bridgehead atoms. The number of aromatic amines is 1. The first kappa shape index (κ1) is 17.4. The number of carbonyl (C=O) groups excluding carboxylic acids is 1. The Morgan fingerprint density at radius 2 is 2.00 bits per heavy atom. The van der Waals surface area contributed by atoms with Crippen molar-refractivity contribution in [3.63, 3.8) is 0 Å². The third kappa shape index (κ3) is 4.28. The Balaban J connectivity index is 2.20. The SMILES string of the molecule is CC[C@H](NC(=O)Cn1c(-c2ccc(C)cc2)n[nH]c1=S)C(C)C. The van der Waals surface area contributed by atoms with Crippen LogP contribution in [0.4, 0.5) is 0 Å². The Hall–Kier alpha value is -1.95. The maximum atomic E-state index is 12.4. The second-order valence-electron chi connectivity index (χ2n) is 6.13. The van der Waals surface area contributed by atoms with Crippen LogP contribution in [0.1, 0.15) is 32.8 Å². The number of nitrogens with one attached hydrogen (secondary N) is 2. The second kappa shape index (κ2) is 7.55. The third-order valence-electron chi connectivity index (χ3n) is 3.96. The highest BCUT2D eigenvalue weighted by Crippen LogP contribution is 2.18. The highest BCUT2D eigenvalue weighted by atomic mass is 32.1. The fourth-order valence-corrected chi connectivity index (χ4v) is 2.72. The lowest BCUT2D eigenvalue weighted by Crippen LogP contribution is -2.39. The van der Waals surface area contributed by atoms with Crippen LogP contribution >= 0.6 is 12.2 Å². The summed E-state index contributed by atoms with van der Waals surface area (Å²) in [6.45, 7) is 8.49. The molecule has 124 valence electrons. The van der Waals surface area contributed by atoms with E-state index in [1.54, 1.807) is 4.57 Å². The standard InChI is InChI=1S/C17H24N4OS/c1-5-14(11(2)3)18-15(22)10-21-16(19-20-17(21)23)13-8-6-12(4)7-9-13/h6-9,11,14H,5,10H2,1-4H3,(H,18,22)(H,20,23)/t14-/m0/s1. The number of hydrogen-bond acceptors (Lipinski definition) is 3. The van der Waals surface area contributed by atoms with E-state index in [1.807, 2.05) is 31.2 Å². The molecule has 2 rings (SSSR count). The Kier molecular flexibility index (Phi) is 5.71. The van der Waals surface area contributed by atoms with Gasteiger partial charge in [-0.2, -0.15) is 5.10 Å². The lowest BCUT2D eigenvalue weighted by Gasteiger charge is -2.21. The molecule has 6 heteroatoms. The lowest BCUT2D eigenvalue weighted by molar-refractivity contribution is -0.122. The van der Waals surface area contributed by atoms with Crippen LogP contribution in [0.3, 0.4) is 0 Å². The van der Waals surface area contributed by atoms with Gasteiger partial charge in [0.25, 0.3) is 0 Å². The van der Waals surface area contributed by atoms with Crippen LogP contribution in [0.2, 0.25) is 0 Å². The number of H-pyrrole nitrogens is 1. The summed E-state index contributed by atoms with van der Waals surface area (Å²) in [7, 11) is 0. The van der Waals surface area contributed by atoms with Crippen molar-refractivity contribution in [2.75, 3.05) is 0 Å². The van der Waals surface area contributed by atoms with E-state index in [0.717, 1.165) is 12.0 Å². The lowest BCUT2D eigenvalue weighted by atomic mass is 10.0. The number of hydrogen-bond donors (Lipinski definition) is 2. The van der Waals surface area contributed by atoms with Gasteiger partial charge in [0.05, 0.1) is 0 Å². The maximum absolute atomic E-state index is 12.4. The minimum absolute atomic E-state index is 0.0450. The van der Waals surface area contributed by atoms with E-state index in [2.05, 4.69) is 36.3 Å². The van der Waals surface area contributed by atoms with E-state index in [0.29, 0.717) is 16.5 Å². The quantitative estimate of drug-likeness (QED) is 0.796. The number of carbonyl (C=O) groups is 1. The Morgan fingerprint density at radius 3 is 2.57 bits per heavy atom. The van der Waals surface area contributed by atoms with Gasteiger partial charge < -0.3 is 5.32 Å². The summed E-state index contributed by atoms with van der Waals surface area (Å²) in [5, 5.41) is 10.1. The van der Waals surface area contributed by atoms with Gasteiger partial charge in [-0.1, -0.05) is 50.6 Å². The molecule has 23 heavy (non-hydrogen) atoms. The first-order valence-corrected chi connectivity index (χ1v) is 8.34. The molecule has 0 saturated carbocycles. The van der Waals surface area contributed by atoms with Crippen molar-refractivity contribution in [3.05, 3.63) is 34.6 Å². The predicted octanol–water partition coefficient (Wildman–Crippen LogP) is 3.47. The van der Waals surface area contributed by atoms with E-state index in [1.165, 1.54) is 5.56 Å². The smallest absolute Gasteiger partial charge is 0.240 e. The van der Waals surface area contributed by atoms with Gasteiger partial charge in [-0.15, -0.1) is 0 Å². The zero-order valence-electron chi connectivity index (χ0n) is 14.1. The summed E-state index contributed by atoms with van der Waals surface area (Å²) in [5.74, 6) is 1.04. The summed E-state index contributed by atoms with van der Waals surface area (Å²) in [4.78, 5) is 12.4. The molecule has 0 unspecified atom stereocenters. The zero-order chi connectivity index (χ0) is 17.0. The molecule has 1 aromatic carbocycles. The largest absolute Gasteiger partial charge is 0.352 e. The molecule has 0 aliphatic heterocycles. The first-order valence-electron chi connectivity index (χ1n) is 7.94. The summed E-state index contributed by atoms with van der Waals surface area (Å²) in [5.41, 5.74) is 2.11. The number of aromatic nitrogens is 3. The summed E-state index contributed by atoms with van der Waals surface area (Å²) >= 11 is 5.28. The van der Waals surface area contributed by atoms with Crippen LogP contribution in [-0.4, -0.2) is 26.7 Å². The van der Waals surface area contributed by atoms with Crippen LogP contribution in [0.5, 0.6) is 0 Å². The Morgan fingerprint density at radius 1 is 1.35 bits per heavy atom. The van der Waals surface area contributed by atoms with Gasteiger partial charge in [-0.05, 0) is 31.5 Å². The van der Waals surface area contributed by atoms with Crippen molar-refractivity contribution in [3.8, 4) is 11.4 Å².